The van der Waals surface area contributed by atoms with Crippen LogP contribution in [-0.4, -0.2) is 37.0 Å². The topological polar surface area (TPSA) is 55.8 Å². The molecule has 0 aromatic carbocycles. The van der Waals surface area contributed by atoms with Gasteiger partial charge in [0.25, 0.3) is 0 Å². The van der Waals surface area contributed by atoms with Crippen molar-refractivity contribution < 1.29 is 19.4 Å². The molecule has 0 saturated heterocycles. The van der Waals surface area contributed by atoms with Gasteiger partial charge in [0.05, 0.1) is 12.7 Å². The summed E-state index contributed by atoms with van der Waals surface area (Å²) in [6, 6.07) is 0. The smallest absolute Gasteiger partial charge is 0.305 e. The van der Waals surface area contributed by atoms with Gasteiger partial charge in [-0.1, -0.05) is 77.4 Å². The molecule has 172 valence electrons. The Morgan fingerprint density at radius 1 is 0.793 bits per heavy atom. The van der Waals surface area contributed by atoms with Gasteiger partial charge >= 0.3 is 5.97 Å². The number of carbonyl (C=O) groups is 1. The summed E-state index contributed by atoms with van der Waals surface area (Å²) in [5.74, 6) is -0.0743. The molecule has 0 heterocycles. The summed E-state index contributed by atoms with van der Waals surface area (Å²) in [5, 5.41) is 9.91. The number of aliphatic hydroxyl groups is 1. The highest BCUT2D eigenvalue weighted by atomic mass is 16.5. The van der Waals surface area contributed by atoms with Crippen LogP contribution in [0.3, 0.4) is 0 Å². The second-order valence-corrected chi connectivity index (χ2v) is 8.06. The minimum atomic E-state index is -0.170. The van der Waals surface area contributed by atoms with Crippen molar-refractivity contribution in [2.24, 2.45) is 0 Å². The molecule has 0 aliphatic rings. The molecule has 1 N–H and O–H groups in total. The Morgan fingerprint density at radius 3 is 2.28 bits per heavy atom. The first-order valence-electron chi connectivity index (χ1n) is 12.3. The third-order valence-corrected chi connectivity index (χ3v) is 5.06. The lowest BCUT2D eigenvalue weighted by Crippen LogP contribution is -2.08. The third-order valence-electron chi connectivity index (χ3n) is 5.06. The highest BCUT2D eigenvalue weighted by Gasteiger charge is 2.03. The molecule has 0 aliphatic heterocycles. The maximum absolute atomic E-state index is 11.6. The highest BCUT2D eigenvalue weighted by Crippen LogP contribution is 2.10. The van der Waals surface area contributed by atoms with Crippen LogP contribution in [0.15, 0.2) is 12.2 Å². The summed E-state index contributed by atoms with van der Waals surface area (Å²) in [6.07, 6.45) is 21.0. The normalized spacial score (nSPS) is 12.5. The number of allylic oxidation sites excluding steroid dienone is 1. The van der Waals surface area contributed by atoms with Crippen molar-refractivity contribution in [3.05, 3.63) is 12.2 Å². The summed E-state index contributed by atoms with van der Waals surface area (Å²) in [5.41, 5.74) is 0. The van der Waals surface area contributed by atoms with E-state index >= 15 is 0 Å². The van der Waals surface area contributed by atoms with Gasteiger partial charge in [0.15, 0.2) is 0 Å². The van der Waals surface area contributed by atoms with E-state index in [0.717, 1.165) is 64.4 Å². The maximum atomic E-state index is 11.6. The highest BCUT2D eigenvalue weighted by molar-refractivity contribution is 5.69. The molecular weight excluding hydrogens is 364 g/mol. The second-order valence-electron chi connectivity index (χ2n) is 8.06. The van der Waals surface area contributed by atoms with Crippen LogP contribution in [0.25, 0.3) is 0 Å². The Balaban J connectivity index is 3.30. The Bertz CT molecular complexity index is 368. The lowest BCUT2D eigenvalue weighted by molar-refractivity contribution is -0.144. The van der Waals surface area contributed by atoms with Gasteiger partial charge in [-0.3, -0.25) is 4.79 Å². The molecule has 1 atom stereocenters. The number of hydrogen-bond acceptors (Lipinski definition) is 4. The molecule has 0 amide bonds. The van der Waals surface area contributed by atoms with E-state index in [1.165, 1.54) is 38.5 Å². The Labute approximate surface area is 180 Å². The molecule has 4 nitrogen and oxygen atoms in total. The Morgan fingerprint density at radius 2 is 1.48 bits per heavy atom. The standard InChI is InChI=1S/C25H48O4/c1-3-5-7-14-18-24(26)19-15-12-10-8-9-11-13-16-20-25(27)29-23-17-22-28-21-6-4-2/h12,15,24,26H,3-11,13-14,16-23H2,1-2H3/t24-/m1/s1. The molecule has 0 bridgehead atoms. The number of hydrogen-bond donors (Lipinski definition) is 1. The van der Waals surface area contributed by atoms with E-state index in [0.29, 0.717) is 19.6 Å². The van der Waals surface area contributed by atoms with E-state index in [2.05, 4.69) is 26.0 Å². The molecular formula is C25H48O4. The first-order valence-corrected chi connectivity index (χ1v) is 12.3. The number of ether oxygens (including phenoxy) is 2. The average molecular weight is 413 g/mol. The summed E-state index contributed by atoms with van der Waals surface area (Å²) in [6.45, 7) is 6.32. The molecule has 0 spiro atoms. The van der Waals surface area contributed by atoms with Crippen molar-refractivity contribution in [2.45, 2.75) is 123 Å². The minimum absolute atomic E-state index is 0.0743. The molecule has 0 saturated carbocycles. The van der Waals surface area contributed by atoms with E-state index in [9.17, 15) is 9.90 Å². The zero-order chi connectivity index (χ0) is 21.4. The third kappa shape index (κ3) is 23.3. The molecule has 0 aliphatic carbocycles. The maximum Gasteiger partial charge on any atom is 0.305 e. The largest absolute Gasteiger partial charge is 0.466 e. The van der Waals surface area contributed by atoms with Gasteiger partial charge in [-0.15, -0.1) is 0 Å². The van der Waals surface area contributed by atoms with E-state index in [1.807, 2.05) is 0 Å². The predicted molar refractivity (Wildman–Crippen MR) is 122 cm³/mol. The van der Waals surface area contributed by atoms with Gasteiger partial charge < -0.3 is 14.6 Å². The summed E-state index contributed by atoms with van der Waals surface area (Å²) < 4.78 is 10.7. The molecule has 0 fully saturated rings. The summed E-state index contributed by atoms with van der Waals surface area (Å²) in [4.78, 5) is 11.6. The van der Waals surface area contributed by atoms with Crippen LogP contribution in [-0.2, 0) is 14.3 Å². The zero-order valence-electron chi connectivity index (χ0n) is 19.3. The van der Waals surface area contributed by atoms with Crippen molar-refractivity contribution in [3.8, 4) is 0 Å². The van der Waals surface area contributed by atoms with Crippen molar-refractivity contribution >= 4 is 5.97 Å². The minimum Gasteiger partial charge on any atom is -0.466 e. The van der Waals surface area contributed by atoms with Gasteiger partial charge in [0.2, 0.25) is 0 Å². The Hall–Kier alpha value is -0.870. The van der Waals surface area contributed by atoms with Crippen LogP contribution in [0.5, 0.6) is 0 Å². The molecule has 0 aromatic rings. The van der Waals surface area contributed by atoms with Gasteiger partial charge in [-0.25, -0.2) is 0 Å². The van der Waals surface area contributed by atoms with Crippen molar-refractivity contribution in [1.29, 1.82) is 0 Å². The molecule has 4 heteroatoms. The van der Waals surface area contributed by atoms with Crippen LogP contribution in [0.4, 0.5) is 0 Å². The fourth-order valence-electron chi connectivity index (χ4n) is 3.13. The molecule has 0 radical (unpaired) electrons. The Kier molecular flexibility index (Phi) is 22.7. The lowest BCUT2D eigenvalue weighted by Gasteiger charge is -2.07. The number of carbonyl (C=O) groups excluding carboxylic acids is 1. The fourth-order valence-corrected chi connectivity index (χ4v) is 3.13. The molecule has 0 rings (SSSR count). The summed E-state index contributed by atoms with van der Waals surface area (Å²) >= 11 is 0. The predicted octanol–water partition coefficient (Wildman–Crippen LogP) is 6.74. The number of unbranched alkanes of at least 4 members (excludes halogenated alkanes) is 9. The van der Waals surface area contributed by atoms with Crippen molar-refractivity contribution in [2.75, 3.05) is 19.8 Å². The average Bonchev–Trinajstić information content (AvgIpc) is 2.72. The molecule has 0 aromatic heterocycles. The molecule has 0 unspecified atom stereocenters. The number of rotatable bonds is 22. The van der Waals surface area contributed by atoms with Crippen LogP contribution >= 0.6 is 0 Å². The second kappa shape index (κ2) is 23.4. The summed E-state index contributed by atoms with van der Waals surface area (Å²) in [7, 11) is 0. The lowest BCUT2D eigenvalue weighted by atomic mass is 10.1. The monoisotopic (exact) mass is 412 g/mol. The van der Waals surface area contributed by atoms with Gasteiger partial charge in [0.1, 0.15) is 0 Å². The number of esters is 1. The zero-order valence-corrected chi connectivity index (χ0v) is 19.3. The van der Waals surface area contributed by atoms with Crippen LogP contribution < -0.4 is 0 Å². The van der Waals surface area contributed by atoms with Crippen molar-refractivity contribution in [3.63, 3.8) is 0 Å². The van der Waals surface area contributed by atoms with E-state index in [1.54, 1.807) is 0 Å². The van der Waals surface area contributed by atoms with Crippen molar-refractivity contribution in [1.82, 2.24) is 0 Å². The first-order chi connectivity index (χ1) is 14.2. The van der Waals surface area contributed by atoms with E-state index in [4.69, 9.17) is 9.47 Å². The van der Waals surface area contributed by atoms with Crippen LogP contribution in [0, 0.1) is 0 Å². The first kappa shape index (κ1) is 28.1. The number of aliphatic hydroxyl groups excluding tert-OH is 1. The fraction of sp³-hybridized carbons (Fsp3) is 0.880. The van der Waals surface area contributed by atoms with Gasteiger partial charge in [-0.05, 0) is 38.5 Å². The van der Waals surface area contributed by atoms with E-state index in [-0.39, 0.29) is 12.1 Å². The molecule has 29 heavy (non-hydrogen) atoms. The quantitative estimate of drug-likeness (QED) is 0.121. The van der Waals surface area contributed by atoms with Gasteiger partial charge in [-0.2, -0.15) is 0 Å². The van der Waals surface area contributed by atoms with Crippen LogP contribution in [0.2, 0.25) is 0 Å². The SMILES string of the molecule is CCCCCC[C@@H](O)CC=CCCCCCCCC(=O)OCCCOCCCC. The van der Waals surface area contributed by atoms with Gasteiger partial charge in [0, 0.05) is 26.1 Å². The van der Waals surface area contributed by atoms with Crippen LogP contribution in [0.1, 0.15) is 117 Å². The van der Waals surface area contributed by atoms with E-state index < -0.39 is 0 Å².